The van der Waals surface area contributed by atoms with Gasteiger partial charge in [-0.05, 0) is 37.5 Å². The fraction of sp³-hybridized carbons (Fsp3) is 0.500. The van der Waals surface area contributed by atoms with Gasteiger partial charge in [0.15, 0.2) is 0 Å². The molecule has 1 heterocycles. The number of likely N-dealkylation sites (tertiary alicyclic amines) is 1. The van der Waals surface area contributed by atoms with Crippen molar-refractivity contribution in [1.82, 2.24) is 10.2 Å². The molecule has 1 saturated heterocycles. The first-order valence-electron chi connectivity index (χ1n) is 8.36. The van der Waals surface area contributed by atoms with Gasteiger partial charge in [-0.25, -0.2) is 0 Å². The maximum absolute atomic E-state index is 12.6. The highest BCUT2D eigenvalue weighted by Gasteiger charge is 2.24. The van der Waals surface area contributed by atoms with Crippen LogP contribution in [0.15, 0.2) is 24.3 Å². The number of rotatable bonds is 5. The Balaban J connectivity index is 1.91. The van der Waals surface area contributed by atoms with Crippen molar-refractivity contribution in [3.63, 3.8) is 0 Å². The van der Waals surface area contributed by atoms with Crippen LogP contribution in [0.4, 0.5) is 0 Å². The first kappa shape index (κ1) is 18.0. The molecule has 1 fully saturated rings. The Morgan fingerprint density at radius 1 is 1.25 bits per heavy atom. The molecule has 1 N–H and O–H groups in total. The summed E-state index contributed by atoms with van der Waals surface area (Å²) >= 11 is 0. The maximum Gasteiger partial charge on any atom is 0.308 e. The molecular weight excluding hydrogens is 308 g/mol. The van der Waals surface area contributed by atoms with Crippen LogP contribution in [0.2, 0.25) is 0 Å². The van der Waals surface area contributed by atoms with E-state index in [9.17, 15) is 14.4 Å². The van der Waals surface area contributed by atoms with Gasteiger partial charge in [-0.2, -0.15) is 0 Å². The van der Waals surface area contributed by atoms with Gasteiger partial charge >= 0.3 is 5.97 Å². The number of nitrogens with one attached hydrogen (secondary N) is 1. The van der Waals surface area contributed by atoms with Gasteiger partial charge in [0.2, 0.25) is 5.91 Å². The van der Waals surface area contributed by atoms with E-state index in [2.05, 4.69) is 5.32 Å². The number of benzene rings is 1. The molecule has 1 aromatic rings. The second kappa shape index (κ2) is 8.47. The van der Waals surface area contributed by atoms with Gasteiger partial charge in [-0.1, -0.05) is 13.0 Å². The zero-order chi connectivity index (χ0) is 17.5. The summed E-state index contributed by atoms with van der Waals surface area (Å²) in [6.07, 6.45) is 2.89. The highest BCUT2D eigenvalue weighted by Crippen LogP contribution is 2.18. The van der Waals surface area contributed by atoms with Gasteiger partial charge in [0, 0.05) is 38.0 Å². The van der Waals surface area contributed by atoms with Crippen LogP contribution in [0.25, 0.3) is 0 Å². The molecule has 130 valence electrons. The minimum Gasteiger partial charge on any atom is -0.427 e. The van der Waals surface area contributed by atoms with Gasteiger partial charge in [0.05, 0.1) is 0 Å². The molecular formula is C18H24N2O4. The van der Waals surface area contributed by atoms with E-state index in [1.165, 1.54) is 6.92 Å². The standard InChI is InChI=1S/C18H24N2O4/c1-3-5-17(22)19-15-8-10-20(11-9-15)18(23)14-6-4-7-16(12-14)24-13(2)21/h4,6-7,12,15H,3,5,8-11H2,1-2H3,(H,19,22). The molecule has 0 saturated carbocycles. The fourth-order valence-electron chi connectivity index (χ4n) is 2.79. The van der Waals surface area contributed by atoms with Gasteiger partial charge < -0.3 is 15.0 Å². The highest BCUT2D eigenvalue weighted by atomic mass is 16.5. The third-order valence-electron chi connectivity index (χ3n) is 3.97. The Hall–Kier alpha value is -2.37. The van der Waals surface area contributed by atoms with Crippen LogP contribution in [-0.4, -0.2) is 41.8 Å². The number of hydrogen-bond acceptors (Lipinski definition) is 4. The molecule has 0 atom stereocenters. The number of esters is 1. The minimum absolute atomic E-state index is 0.0800. The SMILES string of the molecule is CCCC(=O)NC1CCN(C(=O)c2cccc(OC(C)=O)c2)CC1. The zero-order valence-corrected chi connectivity index (χ0v) is 14.2. The van der Waals surface area contributed by atoms with Crippen molar-refractivity contribution < 1.29 is 19.1 Å². The van der Waals surface area contributed by atoms with Crippen molar-refractivity contribution in [3.05, 3.63) is 29.8 Å². The lowest BCUT2D eigenvalue weighted by Crippen LogP contribution is -2.46. The first-order chi connectivity index (χ1) is 11.5. The van der Waals surface area contributed by atoms with E-state index in [4.69, 9.17) is 4.74 Å². The topological polar surface area (TPSA) is 75.7 Å². The third kappa shape index (κ3) is 5.08. The largest absolute Gasteiger partial charge is 0.427 e. The van der Waals surface area contributed by atoms with Crippen molar-refractivity contribution in [2.75, 3.05) is 13.1 Å². The minimum atomic E-state index is -0.414. The Morgan fingerprint density at radius 3 is 2.58 bits per heavy atom. The second-order valence-corrected chi connectivity index (χ2v) is 6.01. The molecule has 0 radical (unpaired) electrons. The molecule has 0 aliphatic carbocycles. The lowest BCUT2D eigenvalue weighted by molar-refractivity contribution is -0.131. The average Bonchev–Trinajstić information content (AvgIpc) is 2.55. The molecule has 1 aromatic carbocycles. The predicted octanol–water partition coefficient (Wildman–Crippen LogP) is 2.13. The van der Waals surface area contributed by atoms with Gasteiger partial charge in [0.25, 0.3) is 5.91 Å². The van der Waals surface area contributed by atoms with Crippen molar-refractivity contribution in [2.45, 2.75) is 45.6 Å². The van der Waals surface area contributed by atoms with E-state index in [0.717, 1.165) is 19.3 Å². The molecule has 1 aliphatic rings. The van der Waals surface area contributed by atoms with Crippen LogP contribution in [0.5, 0.6) is 5.75 Å². The zero-order valence-electron chi connectivity index (χ0n) is 14.2. The van der Waals surface area contributed by atoms with Crippen LogP contribution < -0.4 is 10.1 Å². The summed E-state index contributed by atoms with van der Waals surface area (Å²) in [5, 5.41) is 3.02. The van der Waals surface area contributed by atoms with E-state index >= 15 is 0 Å². The van der Waals surface area contributed by atoms with Crippen molar-refractivity contribution in [2.24, 2.45) is 0 Å². The van der Waals surface area contributed by atoms with E-state index in [-0.39, 0.29) is 17.9 Å². The van der Waals surface area contributed by atoms with E-state index in [0.29, 0.717) is 30.8 Å². The number of carbonyl (C=O) groups is 3. The third-order valence-corrected chi connectivity index (χ3v) is 3.97. The molecule has 24 heavy (non-hydrogen) atoms. The van der Waals surface area contributed by atoms with Gasteiger partial charge in [-0.15, -0.1) is 0 Å². The van der Waals surface area contributed by atoms with Crippen molar-refractivity contribution in [1.29, 1.82) is 0 Å². The summed E-state index contributed by atoms with van der Waals surface area (Å²) in [5.74, 6) is -0.0444. The highest BCUT2D eigenvalue weighted by molar-refractivity contribution is 5.94. The maximum atomic E-state index is 12.6. The smallest absolute Gasteiger partial charge is 0.308 e. The van der Waals surface area contributed by atoms with E-state index in [1.807, 2.05) is 6.92 Å². The summed E-state index contributed by atoms with van der Waals surface area (Å²) in [6.45, 7) is 4.51. The van der Waals surface area contributed by atoms with Crippen LogP contribution in [0.1, 0.15) is 49.9 Å². The Kier molecular flexibility index (Phi) is 6.35. The lowest BCUT2D eigenvalue weighted by Gasteiger charge is -2.32. The van der Waals surface area contributed by atoms with Crippen LogP contribution in [0.3, 0.4) is 0 Å². The Labute approximate surface area is 142 Å². The normalized spacial score (nSPS) is 15.0. The summed E-state index contributed by atoms with van der Waals surface area (Å²) in [7, 11) is 0. The Morgan fingerprint density at radius 2 is 1.96 bits per heavy atom. The molecule has 0 aromatic heterocycles. The monoisotopic (exact) mass is 332 g/mol. The number of carbonyl (C=O) groups excluding carboxylic acids is 3. The Bertz CT molecular complexity index is 607. The van der Waals surface area contributed by atoms with Crippen molar-refractivity contribution >= 4 is 17.8 Å². The lowest BCUT2D eigenvalue weighted by atomic mass is 10.0. The van der Waals surface area contributed by atoms with E-state index < -0.39 is 5.97 Å². The summed E-state index contributed by atoms with van der Waals surface area (Å²) in [5.41, 5.74) is 0.502. The molecule has 2 amide bonds. The van der Waals surface area contributed by atoms with Crippen molar-refractivity contribution in [3.8, 4) is 5.75 Å². The fourth-order valence-corrected chi connectivity index (χ4v) is 2.79. The molecule has 0 spiro atoms. The van der Waals surface area contributed by atoms with E-state index in [1.54, 1.807) is 29.2 Å². The number of piperidine rings is 1. The van der Waals surface area contributed by atoms with Crippen LogP contribution in [0, 0.1) is 0 Å². The van der Waals surface area contributed by atoms with Gasteiger partial charge in [-0.3, -0.25) is 14.4 Å². The van der Waals surface area contributed by atoms with Gasteiger partial charge in [0.1, 0.15) is 5.75 Å². The summed E-state index contributed by atoms with van der Waals surface area (Å²) in [6, 6.07) is 6.78. The van der Waals surface area contributed by atoms with Crippen LogP contribution >= 0.6 is 0 Å². The number of ether oxygens (including phenoxy) is 1. The molecule has 6 heteroatoms. The average molecular weight is 332 g/mol. The molecule has 0 bridgehead atoms. The molecule has 0 unspecified atom stereocenters. The summed E-state index contributed by atoms with van der Waals surface area (Å²) < 4.78 is 5.02. The first-order valence-corrected chi connectivity index (χ1v) is 8.36. The number of nitrogens with zero attached hydrogens (tertiary/aromatic N) is 1. The van der Waals surface area contributed by atoms with Crippen LogP contribution in [-0.2, 0) is 9.59 Å². The quantitative estimate of drug-likeness (QED) is 0.662. The number of amides is 2. The molecule has 6 nitrogen and oxygen atoms in total. The number of hydrogen-bond donors (Lipinski definition) is 1. The molecule has 1 aliphatic heterocycles. The summed E-state index contributed by atoms with van der Waals surface area (Å²) in [4.78, 5) is 37.0. The predicted molar refractivity (Wildman–Crippen MR) is 89.7 cm³/mol. The second-order valence-electron chi connectivity index (χ2n) is 6.01. The molecule has 2 rings (SSSR count).